The summed E-state index contributed by atoms with van der Waals surface area (Å²) >= 11 is 9.64. The predicted octanol–water partition coefficient (Wildman–Crippen LogP) is 1.92. The van der Waals surface area contributed by atoms with Crippen molar-refractivity contribution in [3.8, 4) is 0 Å². The number of carbonyl (C=O) groups is 1. The molecule has 3 N–H and O–H groups in total. The Kier molecular flexibility index (Phi) is 5.21. The van der Waals surface area contributed by atoms with Crippen molar-refractivity contribution in [2.45, 2.75) is 12.5 Å². The van der Waals surface area contributed by atoms with Gasteiger partial charge in [0.2, 0.25) is 5.91 Å². The van der Waals surface area contributed by atoms with Crippen LogP contribution in [0.3, 0.4) is 0 Å². The second kappa shape index (κ2) is 6.70. The molecular weight excluding hydrogens is 330 g/mol. The summed E-state index contributed by atoms with van der Waals surface area (Å²) in [4.78, 5) is 14.0. The van der Waals surface area contributed by atoms with Crippen molar-refractivity contribution in [3.63, 3.8) is 0 Å². The number of primary amides is 1. The molecule has 1 saturated heterocycles. The van der Waals surface area contributed by atoms with Crippen molar-refractivity contribution in [3.05, 3.63) is 33.3 Å². The van der Waals surface area contributed by atoms with E-state index in [-0.39, 0.29) is 5.91 Å². The van der Waals surface area contributed by atoms with Crippen LogP contribution in [-0.2, 0) is 4.79 Å². The molecule has 4 nitrogen and oxygen atoms in total. The molecule has 1 heterocycles. The normalized spacial score (nSPS) is 18.8. The van der Waals surface area contributed by atoms with Gasteiger partial charge in [-0.2, -0.15) is 0 Å². The third kappa shape index (κ3) is 3.69. The number of rotatable bonds is 3. The van der Waals surface area contributed by atoms with E-state index >= 15 is 0 Å². The van der Waals surface area contributed by atoms with Gasteiger partial charge in [-0.3, -0.25) is 9.69 Å². The molecule has 0 bridgehead atoms. The van der Waals surface area contributed by atoms with Gasteiger partial charge in [0.25, 0.3) is 0 Å². The summed E-state index contributed by atoms with van der Waals surface area (Å²) in [6.07, 6.45) is 0.995. The van der Waals surface area contributed by atoms with Gasteiger partial charge in [-0.25, -0.2) is 0 Å². The van der Waals surface area contributed by atoms with Crippen LogP contribution in [0.15, 0.2) is 22.7 Å². The minimum Gasteiger partial charge on any atom is -0.368 e. The van der Waals surface area contributed by atoms with Gasteiger partial charge in [0.15, 0.2) is 0 Å². The van der Waals surface area contributed by atoms with Gasteiger partial charge in [0, 0.05) is 29.1 Å². The van der Waals surface area contributed by atoms with E-state index in [4.69, 9.17) is 17.3 Å². The average Bonchev–Trinajstić information content (AvgIpc) is 2.62. The lowest BCUT2D eigenvalue weighted by Crippen LogP contribution is -2.40. The van der Waals surface area contributed by atoms with Crippen molar-refractivity contribution >= 4 is 33.4 Å². The van der Waals surface area contributed by atoms with Gasteiger partial charge in [-0.05, 0) is 36.7 Å². The van der Waals surface area contributed by atoms with Crippen molar-refractivity contribution in [1.29, 1.82) is 0 Å². The van der Waals surface area contributed by atoms with Gasteiger partial charge in [0.1, 0.15) is 6.04 Å². The Bertz CT molecular complexity index is 461. The summed E-state index contributed by atoms with van der Waals surface area (Å²) in [6.45, 7) is 3.45. The molecule has 1 unspecified atom stereocenters. The fourth-order valence-electron chi connectivity index (χ4n) is 2.38. The van der Waals surface area contributed by atoms with Gasteiger partial charge >= 0.3 is 0 Å². The van der Waals surface area contributed by atoms with Gasteiger partial charge in [-0.1, -0.05) is 27.5 Å². The van der Waals surface area contributed by atoms with E-state index in [0.29, 0.717) is 5.02 Å². The molecule has 0 saturated carbocycles. The SMILES string of the molecule is NC(=O)C(c1cc(Br)ccc1Cl)N1CCCNCC1. The first kappa shape index (κ1) is 14.8. The lowest BCUT2D eigenvalue weighted by atomic mass is 10.0. The summed E-state index contributed by atoms with van der Waals surface area (Å²) in [5.41, 5.74) is 6.36. The van der Waals surface area contributed by atoms with Crippen molar-refractivity contribution in [2.24, 2.45) is 5.73 Å². The zero-order valence-corrected chi connectivity index (χ0v) is 12.9. The van der Waals surface area contributed by atoms with Crippen molar-refractivity contribution in [1.82, 2.24) is 10.2 Å². The van der Waals surface area contributed by atoms with Gasteiger partial charge < -0.3 is 11.1 Å². The topological polar surface area (TPSA) is 58.4 Å². The first-order valence-electron chi connectivity index (χ1n) is 6.28. The van der Waals surface area contributed by atoms with E-state index in [1.165, 1.54) is 0 Å². The highest BCUT2D eigenvalue weighted by atomic mass is 79.9. The number of halogens is 2. The molecule has 0 radical (unpaired) electrons. The standard InChI is InChI=1S/C13H17BrClN3O/c14-9-2-3-11(15)10(8-9)12(13(16)19)18-6-1-4-17-5-7-18/h2-3,8,12,17H,1,4-7H2,(H2,16,19). The molecule has 2 rings (SSSR count). The maximum Gasteiger partial charge on any atom is 0.239 e. The van der Waals surface area contributed by atoms with Crippen LogP contribution < -0.4 is 11.1 Å². The highest BCUT2D eigenvalue weighted by molar-refractivity contribution is 9.10. The van der Waals surface area contributed by atoms with Crippen LogP contribution in [0.1, 0.15) is 18.0 Å². The molecular formula is C13H17BrClN3O. The molecule has 1 amide bonds. The third-order valence-electron chi connectivity index (χ3n) is 3.26. The second-order valence-electron chi connectivity index (χ2n) is 4.61. The number of hydrogen-bond donors (Lipinski definition) is 2. The molecule has 1 aliphatic rings. The van der Waals surface area contributed by atoms with Gasteiger partial charge in [-0.15, -0.1) is 0 Å². The third-order valence-corrected chi connectivity index (χ3v) is 4.10. The average molecular weight is 347 g/mol. The summed E-state index contributed by atoms with van der Waals surface area (Å²) in [7, 11) is 0. The highest BCUT2D eigenvalue weighted by Gasteiger charge is 2.28. The minimum atomic E-state index is -0.468. The molecule has 6 heteroatoms. The first-order chi connectivity index (χ1) is 9.09. The second-order valence-corrected chi connectivity index (χ2v) is 5.93. The maximum atomic E-state index is 11.9. The van der Waals surface area contributed by atoms with E-state index in [9.17, 15) is 4.79 Å². The molecule has 1 aromatic rings. The molecule has 1 atom stereocenters. The largest absolute Gasteiger partial charge is 0.368 e. The highest BCUT2D eigenvalue weighted by Crippen LogP contribution is 2.30. The van der Waals surface area contributed by atoms with E-state index in [1.54, 1.807) is 6.07 Å². The number of benzene rings is 1. The first-order valence-corrected chi connectivity index (χ1v) is 7.45. The smallest absolute Gasteiger partial charge is 0.239 e. The number of amides is 1. The summed E-state index contributed by atoms with van der Waals surface area (Å²) in [5, 5.41) is 3.89. The number of hydrogen-bond acceptors (Lipinski definition) is 3. The van der Waals surface area contributed by atoms with Crippen molar-refractivity contribution in [2.75, 3.05) is 26.2 Å². The van der Waals surface area contributed by atoms with Gasteiger partial charge in [0.05, 0.1) is 0 Å². The molecule has 0 spiro atoms. The Balaban J connectivity index is 2.33. The molecule has 1 aliphatic heterocycles. The van der Waals surface area contributed by atoms with Crippen LogP contribution in [0.2, 0.25) is 5.02 Å². The van der Waals surface area contributed by atoms with Crippen LogP contribution in [0, 0.1) is 0 Å². The van der Waals surface area contributed by atoms with Crippen LogP contribution in [0.5, 0.6) is 0 Å². The summed E-state index contributed by atoms with van der Waals surface area (Å²) < 4.78 is 0.895. The molecule has 1 fully saturated rings. The lowest BCUT2D eigenvalue weighted by molar-refractivity contribution is -0.123. The van der Waals surface area contributed by atoms with Crippen molar-refractivity contribution < 1.29 is 4.79 Å². The number of nitrogens with two attached hydrogens (primary N) is 1. The molecule has 104 valence electrons. The molecule has 0 aromatic heterocycles. The number of carbonyl (C=O) groups excluding carboxylic acids is 1. The summed E-state index contributed by atoms with van der Waals surface area (Å²) in [5.74, 6) is -0.359. The van der Waals surface area contributed by atoms with Crippen LogP contribution >= 0.6 is 27.5 Å². The fraction of sp³-hybridized carbons (Fsp3) is 0.462. The Morgan fingerprint density at radius 1 is 1.42 bits per heavy atom. The van der Waals surface area contributed by atoms with Crippen LogP contribution in [-0.4, -0.2) is 37.0 Å². The zero-order chi connectivity index (χ0) is 13.8. The predicted molar refractivity (Wildman–Crippen MR) is 80.1 cm³/mol. The Morgan fingerprint density at radius 3 is 2.95 bits per heavy atom. The van der Waals surface area contributed by atoms with E-state index in [2.05, 4.69) is 26.1 Å². The molecule has 19 heavy (non-hydrogen) atoms. The Labute approximate surface area is 126 Å². The van der Waals surface area contributed by atoms with E-state index in [1.807, 2.05) is 12.1 Å². The Hall–Kier alpha value is -0.620. The monoisotopic (exact) mass is 345 g/mol. The molecule has 0 aliphatic carbocycles. The van der Waals surface area contributed by atoms with Crippen LogP contribution in [0.25, 0.3) is 0 Å². The fourth-order valence-corrected chi connectivity index (χ4v) is 2.98. The number of nitrogens with one attached hydrogen (secondary N) is 1. The molecule has 1 aromatic carbocycles. The van der Waals surface area contributed by atoms with E-state index < -0.39 is 6.04 Å². The zero-order valence-electron chi connectivity index (χ0n) is 10.5. The van der Waals surface area contributed by atoms with E-state index in [0.717, 1.165) is 42.6 Å². The minimum absolute atomic E-state index is 0.359. The van der Waals surface area contributed by atoms with Crippen LogP contribution in [0.4, 0.5) is 0 Å². The number of nitrogens with zero attached hydrogens (tertiary/aromatic N) is 1. The Morgan fingerprint density at radius 2 is 2.21 bits per heavy atom. The quantitative estimate of drug-likeness (QED) is 0.879. The maximum absolute atomic E-state index is 11.9. The summed E-state index contributed by atoms with van der Waals surface area (Å²) in [6, 6.07) is 5.04. The lowest BCUT2D eigenvalue weighted by Gasteiger charge is -2.29.